The van der Waals surface area contributed by atoms with Gasteiger partial charge in [-0.2, -0.15) is 0 Å². The highest BCUT2D eigenvalue weighted by molar-refractivity contribution is 5.14. The molecule has 2 unspecified atom stereocenters. The third-order valence-corrected chi connectivity index (χ3v) is 12.2. The summed E-state index contributed by atoms with van der Waals surface area (Å²) in [6.07, 6.45) is 43.8. The maximum absolute atomic E-state index is 6.56. The molecular weight excluding hydrogens is 833 g/mol. The molecule has 0 aliphatic rings. The summed E-state index contributed by atoms with van der Waals surface area (Å²) in [5.41, 5.74) is 2.26. The summed E-state index contributed by atoms with van der Waals surface area (Å²) >= 11 is 0. The molecule has 0 bridgehead atoms. The molecule has 0 aliphatic heterocycles. The Morgan fingerprint density at radius 1 is 0.343 bits per heavy atom. The number of rotatable bonds is 50. The second-order valence-corrected chi connectivity index (χ2v) is 18.6. The Morgan fingerprint density at radius 2 is 0.642 bits per heavy atom. The normalized spacial score (nSPS) is 13.0. The van der Waals surface area contributed by atoms with Crippen molar-refractivity contribution < 1.29 is 33.2 Å². The van der Waals surface area contributed by atoms with Crippen LogP contribution in [0.25, 0.3) is 0 Å². The lowest BCUT2D eigenvalue weighted by Crippen LogP contribution is -2.24. The summed E-state index contributed by atoms with van der Waals surface area (Å²) in [5.74, 6) is 0. The Balaban J connectivity index is 1.72. The second kappa shape index (κ2) is 47.3. The Hall–Kier alpha value is -2.36. The topological polar surface area (TPSA) is 64.6 Å². The van der Waals surface area contributed by atoms with Crippen LogP contribution in [-0.4, -0.2) is 51.6 Å². The van der Waals surface area contributed by atoms with Crippen LogP contribution in [0.2, 0.25) is 0 Å². The maximum atomic E-state index is 6.56. The molecule has 0 amide bonds. The van der Waals surface area contributed by atoms with Gasteiger partial charge in [0.05, 0.1) is 13.2 Å². The lowest BCUT2D eigenvalue weighted by molar-refractivity contribution is -0.215. The summed E-state index contributed by atoms with van der Waals surface area (Å²) in [4.78, 5) is 0. The molecule has 7 nitrogen and oxygen atoms in total. The van der Waals surface area contributed by atoms with E-state index >= 15 is 0 Å². The zero-order chi connectivity index (χ0) is 47.8. The van der Waals surface area contributed by atoms with Crippen LogP contribution in [0.5, 0.6) is 0 Å². The molecule has 0 aromatic heterocycles. The minimum atomic E-state index is -0.508. The molecule has 0 N–H and O–H groups in total. The number of unbranched alkanes of at least 4 members (excludes halogenated alkanes) is 22. The molecule has 2 aromatic rings. The Bertz CT molecular complexity index is 1210. The van der Waals surface area contributed by atoms with Crippen molar-refractivity contribution in [3.8, 4) is 0 Å². The van der Waals surface area contributed by atoms with E-state index in [0.717, 1.165) is 88.9 Å². The van der Waals surface area contributed by atoms with E-state index in [1.54, 1.807) is 0 Å². The number of hydrogen-bond donors (Lipinski definition) is 0. The third kappa shape index (κ3) is 38.1. The highest BCUT2D eigenvalue weighted by Crippen LogP contribution is 2.18. The molecule has 7 heteroatoms. The van der Waals surface area contributed by atoms with E-state index in [1.165, 1.54) is 141 Å². The first-order valence-corrected chi connectivity index (χ1v) is 27.9. The summed E-state index contributed by atoms with van der Waals surface area (Å²) in [6.45, 7) is 13.1. The van der Waals surface area contributed by atoms with Crippen LogP contribution in [0.3, 0.4) is 0 Å². The highest BCUT2D eigenvalue weighted by Gasteiger charge is 2.15. The van der Waals surface area contributed by atoms with Crippen LogP contribution in [0, 0.1) is 0 Å². The van der Waals surface area contributed by atoms with E-state index in [2.05, 4.69) is 101 Å². The average Bonchev–Trinajstić information content (AvgIpc) is 3.35. The first kappa shape index (κ1) is 60.8. The maximum Gasteiger partial charge on any atom is 0.180 e. The van der Waals surface area contributed by atoms with Crippen molar-refractivity contribution in [2.24, 2.45) is 0 Å². The second-order valence-electron chi connectivity index (χ2n) is 18.6. The first-order chi connectivity index (χ1) is 33.2. The standard InChI is InChI=1S/C60H102O7/c1-5-9-49-61-57(62-50-10-6-2)45-37-27-23-19-15-13-17-21-25-29-39-47-59(65-53-55-41-33-31-34-42-55)67-60(66-54-56-43-35-32-36-44-56)48-40-30-26-22-18-14-16-20-24-28-38-46-58(63-51-11-7-3)64-52-12-8-4/h31-36,39-44,47-48,57-60H,5-30,37-38,45-46,49-54H2,1-4H3. The minimum absolute atomic E-state index is 0.0150. The zero-order valence-electron chi connectivity index (χ0n) is 43.7. The molecule has 0 radical (unpaired) electrons. The van der Waals surface area contributed by atoms with Gasteiger partial charge in [-0.05, 0) is 100 Å². The van der Waals surface area contributed by atoms with Crippen LogP contribution in [0.1, 0.15) is 231 Å². The van der Waals surface area contributed by atoms with Gasteiger partial charge in [-0.3, -0.25) is 0 Å². The van der Waals surface area contributed by atoms with Crippen molar-refractivity contribution in [3.05, 3.63) is 96.1 Å². The van der Waals surface area contributed by atoms with Crippen molar-refractivity contribution in [1.29, 1.82) is 0 Å². The van der Waals surface area contributed by atoms with Crippen LogP contribution in [-0.2, 0) is 46.4 Å². The molecular formula is C60H102O7. The van der Waals surface area contributed by atoms with Crippen LogP contribution in [0.4, 0.5) is 0 Å². The molecule has 0 saturated carbocycles. The molecule has 0 heterocycles. The Kier molecular flexibility index (Phi) is 42.9. The first-order valence-electron chi connectivity index (χ1n) is 27.9. The van der Waals surface area contributed by atoms with Crippen molar-refractivity contribution in [1.82, 2.24) is 0 Å². The quantitative estimate of drug-likeness (QED) is 0.0372. The lowest BCUT2D eigenvalue weighted by atomic mass is 10.1. The number of ether oxygens (including phenoxy) is 7. The van der Waals surface area contributed by atoms with Gasteiger partial charge in [-0.15, -0.1) is 0 Å². The van der Waals surface area contributed by atoms with Crippen molar-refractivity contribution in [3.63, 3.8) is 0 Å². The molecule has 2 aromatic carbocycles. The van der Waals surface area contributed by atoms with Gasteiger partial charge in [0, 0.05) is 26.4 Å². The van der Waals surface area contributed by atoms with Crippen molar-refractivity contribution in [2.45, 2.75) is 259 Å². The molecule has 0 aliphatic carbocycles. The van der Waals surface area contributed by atoms with E-state index in [0.29, 0.717) is 13.2 Å². The van der Waals surface area contributed by atoms with Crippen molar-refractivity contribution in [2.75, 3.05) is 26.4 Å². The fourth-order valence-corrected chi connectivity index (χ4v) is 7.82. The van der Waals surface area contributed by atoms with Crippen molar-refractivity contribution >= 4 is 0 Å². The van der Waals surface area contributed by atoms with Crippen LogP contribution >= 0.6 is 0 Å². The Morgan fingerprint density at radius 3 is 0.955 bits per heavy atom. The fraction of sp³-hybridized carbons (Fsp3) is 0.733. The van der Waals surface area contributed by atoms with E-state index in [4.69, 9.17) is 33.2 Å². The fourth-order valence-electron chi connectivity index (χ4n) is 7.82. The van der Waals surface area contributed by atoms with Gasteiger partial charge < -0.3 is 33.2 Å². The van der Waals surface area contributed by atoms with Crippen LogP contribution in [0.15, 0.2) is 85.0 Å². The van der Waals surface area contributed by atoms with Gasteiger partial charge in [-0.25, -0.2) is 0 Å². The minimum Gasteiger partial charge on any atom is -0.353 e. The number of hydrogen-bond acceptors (Lipinski definition) is 7. The van der Waals surface area contributed by atoms with Gasteiger partial charge in [-0.1, -0.05) is 216 Å². The van der Waals surface area contributed by atoms with Gasteiger partial charge in [0.15, 0.2) is 25.2 Å². The lowest BCUT2D eigenvalue weighted by Gasteiger charge is -2.22. The molecule has 67 heavy (non-hydrogen) atoms. The van der Waals surface area contributed by atoms with E-state index in [-0.39, 0.29) is 12.6 Å². The van der Waals surface area contributed by atoms with E-state index in [1.807, 2.05) is 12.1 Å². The largest absolute Gasteiger partial charge is 0.353 e. The summed E-state index contributed by atoms with van der Waals surface area (Å²) in [5, 5.41) is 0. The predicted molar refractivity (Wildman–Crippen MR) is 282 cm³/mol. The Labute approximate surface area is 412 Å². The van der Waals surface area contributed by atoms with Gasteiger partial charge in [0.2, 0.25) is 0 Å². The SMILES string of the molecule is CCCCOC(CCCCCCCCCCCC=CC(OCc1ccccc1)OC(C=CCCCCCCCCCCCC(OCCCC)OCCCC)OCc1ccccc1)OCCCC. The highest BCUT2D eigenvalue weighted by atomic mass is 16.8. The number of allylic oxidation sites excluding steroid dienone is 2. The van der Waals surface area contributed by atoms with Gasteiger partial charge in [0.25, 0.3) is 0 Å². The summed E-state index contributed by atoms with van der Waals surface area (Å²) in [7, 11) is 0. The van der Waals surface area contributed by atoms with E-state index < -0.39 is 12.6 Å². The molecule has 0 saturated heterocycles. The third-order valence-electron chi connectivity index (χ3n) is 12.2. The average molecular weight is 935 g/mol. The molecule has 2 rings (SSSR count). The summed E-state index contributed by atoms with van der Waals surface area (Å²) in [6, 6.07) is 20.7. The predicted octanol–water partition coefficient (Wildman–Crippen LogP) is 17.7. The summed E-state index contributed by atoms with van der Waals surface area (Å²) < 4.78 is 43.4. The number of benzene rings is 2. The molecule has 2 atom stereocenters. The van der Waals surface area contributed by atoms with Gasteiger partial charge in [0.1, 0.15) is 0 Å². The molecule has 384 valence electrons. The smallest absolute Gasteiger partial charge is 0.180 e. The van der Waals surface area contributed by atoms with Gasteiger partial charge >= 0.3 is 0 Å². The van der Waals surface area contributed by atoms with Crippen LogP contribution < -0.4 is 0 Å². The zero-order valence-corrected chi connectivity index (χ0v) is 43.7. The molecule has 0 spiro atoms. The molecule has 0 fully saturated rings. The monoisotopic (exact) mass is 935 g/mol. The van der Waals surface area contributed by atoms with E-state index in [9.17, 15) is 0 Å².